The van der Waals surface area contributed by atoms with Crippen LogP contribution in [0.3, 0.4) is 0 Å². The zero-order valence-corrected chi connectivity index (χ0v) is 15.2. The lowest BCUT2D eigenvalue weighted by Crippen LogP contribution is -2.36. The van der Waals surface area contributed by atoms with Crippen molar-refractivity contribution < 1.29 is 0 Å². The summed E-state index contributed by atoms with van der Waals surface area (Å²) in [4.78, 5) is 0. The van der Waals surface area contributed by atoms with Crippen LogP contribution in [0, 0.1) is 43.0 Å². The van der Waals surface area contributed by atoms with Crippen LogP contribution in [0.1, 0.15) is 37.2 Å². The summed E-state index contributed by atoms with van der Waals surface area (Å²) in [5.74, 6) is -0.241. The van der Waals surface area contributed by atoms with Gasteiger partial charge in [-0.05, 0) is 71.5 Å². The molecule has 0 amide bonds. The van der Waals surface area contributed by atoms with Crippen molar-refractivity contribution in [2.45, 2.75) is 31.6 Å². The molecule has 0 aromatic heterocycles. The van der Waals surface area contributed by atoms with Gasteiger partial charge in [0.25, 0.3) is 0 Å². The molecular weight excluding hydrogens is 411 g/mol. The fraction of sp³-hybridized carbons (Fsp3) is 0.316. The lowest BCUT2D eigenvalue weighted by Gasteiger charge is -2.38. The number of hydrogen-bond acceptors (Lipinski definition) is 4. The molecule has 3 rings (SSSR count). The minimum Gasteiger partial charge on any atom is -0.399 e. The molecule has 2 aliphatic carbocycles. The summed E-state index contributed by atoms with van der Waals surface area (Å²) in [6.45, 7) is 0. The average molecular weight is 426 g/mol. The minimum absolute atomic E-state index is 0.111. The summed E-state index contributed by atoms with van der Waals surface area (Å²) in [6, 6.07) is 14.4. The summed E-state index contributed by atoms with van der Waals surface area (Å²) in [7, 11) is 0. The highest BCUT2D eigenvalue weighted by Crippen LogP contribution is 2.53. The molecule has 1 aromatic carbocycles. The van der Waals surface area contributed by atoms with Crippen molar-refractivity contribution in [1.29, 1.82) is 15.8 Å². The largest absolute Gasteiger partial charge is 0.399 e. The van der Waals surface area contributed by atoms with Crippen LogP contribution >= 0.6 is 22.6 Å². The fourth-order valence-electron chi connectivity index (χ4n) is 3.83. The van der Waals surface area contributed by atoms with Crippen molar-refractivity contribution in [3.63, 3.8) is 0 Å². The Balaban J connectivity index is 2.32. The molecule has 0 bridgehead atoms. The molecule has 5 heteroatoms. The second-order valence-corrected chi connectivity index (χ2v) is 7.36. The number of nitriles is 3. The zero-order chi connectivity index (χ0) is 17.3. The first-order valence-electron chi connectivity index (χ1n) is 7.79. The third kappa shape index (κ3) is 2.30. The fourth-order valence-corrected chi connectivity index (χ4v) is 4.40. The summed E-state index contributed by atoms with van der Waals surface area (Å²) in [5, 5.41) is 29.2. The summed E-state index contributed by atoms with van der Waals surface area (Å²) >= 11 is 2.24. The van der Waals surface area contributed by atoms with Gasteiger partial charge in [0.15, 0.2) is 0 Å². The van der Waals surface area contributed by atoms with E-state index in [0.29, 0.717) is 12.0 Å². The lowest BCUT2D eigenvalue weighted by atomic mass is 9.62. The van der Waals surface area contributed by atoms with Crippen LogP contribution < -0.4 is 5.73 Å². The Morgan fingerprint density at radius 1 is 1.12 bits per heavy atom. The molecule has 0 radical (unpaired) electrons. The van der Waals surface area contributed by atoms with Crippen LogP contribution in [0.25, 0.3) is 0 Å². The van der Waals surface area contributed by atoms with Gasteiger partial charge < -0.3 is 5.73 Å². The minimum atomic E-state index is -1.49. The maximum absolute atomic E-state index is 9.74. The molecule has 0 fully saturated rings. The van der Waals surface area contributed by atoms with E-state index in [0.717, 1.165) is 39.5 Å². The Morgan fingerprint density at radius 2 is 1.83 bits per heavy atom. The molecule has 4 nitrogen and oxygen atoms in total. The molecule has 1 aromatic rings. The average Bonchev–Trinajstić information content (AvgIpc) is 2.61. The third-order valence-corrected chi connectivity index (χ3v) is 5.60. The van der Waals surface area contributed by atoms with Crippen molar-refractivity contribution in [3.8, 4) is 18.2 Å². The number of nitrogens with zero attached hydrogens (tertiary/aromatic N) is 3. The Bertz CT molecular complexity index is 875. The molecule has 0 aliphatic heterocycles. The van der Waals surface area contributed by atoms with Crippen molar-refractivity contribution >= 4 is 22.6 Å². The van der Waals surface area contributed by atoms with E-state index in [1.807, 2.05) is 24.3 Å². The van der Waals surface area contributed by atoms with Gasteiger partial charge in [-0.1, -0.05) is 17.7 Å². The van der Waals surface area contributed by atoms with Crippen LogP contribution in [-0.4, -0.2) is 0 Å². The molecular formula is C19H15IN4. The Morgan fingerprint density at radius 3 is 2.46 bits per heavy atom. The molecule has 0 heterocycles. The van der Waals surface area contributed by atoms with E-state index in [1.54, 1.807) is 0 Å². The van der Waals surface area contributed by atoms with E-state index in [-0.39, 0.29) is 11.6 Å². The second-order valence-electron chi connectivity index (χ2n) is 6.11. The van der Waals surface area contributed by atoms with Gasteiger partial charge in [0, 0.05) is 9.49 Å². The van der Waals surface area contributed by atoms with Crippen molar-refractivity contribution in [3.05, 3.63) is 55.8 Å². The van der Waals surface area contributed by atoms with E-state index >= 15 is 0 Å². The highest BCUT2D eigenvalue weighted by molar-refractivity contribution is 14.1. The molecule has 1 atom stereocenters. The molecule has 0 spiro atoms. The highest BCUT2D eigenvalue weighted by atomic mass is 127. The van der Waals surface area contributed by atoms with Crippen molar-refractivity contribution in [1.82, 2.24) is 0 Å². The van der Waals surface area contributed by atoms with E-state index in [1.165, 1.54) is 0 Å². The van der Waals surface area contributed by atoms with Crippen LogP contribution in [0.5, 0.6) is 0 Å². The first-order chi connectivity index (χ1) is 11.6. The predicted octanol–water partition coefficient (Wildman–Crippen LogP) is 4.03. The van der Waals surface area contributed by atoms with E-state index in [4.69, 9.17) is 5.73 Å². The predicted molar refractivity (Wildman–Crippen MR) is 97.9 cm³/mol. The zero-order valence-electron chi connectivity index (χ0n) is 13.0. The maximum atomic E-state index is 9.74. The highest BCUT2D eigenvalue weighted by Gasteiger charge is 2.48. The molecule has 118 valence electrons. The molecule has 0 saturated heterocycles. The van der Waals surface area contributed by atoms with Gasteiger partial charge in [-0.2, -0.15) is 15.8 Å². The van der Waals surface area contributed by atoms with Gasteiger partial charge >= 0.3 is 0 Å². The number of allylic oxidation sites excluding steroid dienone is 3. The van der Waals surface area contributed by atoms with Crippen LogP contribution in [0.2, 0.25) is 0 Å². The van der Waals surface area contributed by atoms with Crippen molar-refractivity contribution in [2.75, 3.05) is 0 Å². The second kappa shape index (κ2) is 6.30. The number of rotatable bonds is 1. The monoisotopic (exact) mass is 426 g/mol. The van der Waals surface area contributed by atoms with Crippen LogP contribution in [0.15, 0.2) is 46.7 Å². The van der Waals surface area contributed by atoms with Crippen LogP contribution in [-0.2, 0) is 0 Å². The van der Waals surface area contributed by atoms with Crippen molar-refractivity contribution in [2.24, 2.45) is 11.1 Å². The topological polar surface area (TPSA) is 97.4 Å². The quantitative estimate of drug-likeness (QED) is 0.542. The molecule has 0 saturated carbocycles. The SMILES string of the molecule is N#CC1=C(N)C(C#N)(C#N)C2=C(CCCC2)[C@H]1c1cccc(I)c1. The van der Waals surface area contributed by atoms with E-state index in [2.05, 4.69) is 40.8 Å². The Labute approximate surface area is 155 Å². The number of nitrogens with two attached hydrogens (primary N) is 1. The van der Waals surface area contributed by atoms with Gasteiger partial charge in [0.05, 0.1) is 29.5 Å². The summed E-state index contributed by atoms with van der Waals surface area (Å²) in [5.41, 5.74) is 8.07. The van der Waals surface area contributed by atoms with Gasteiger partial charge in [0.2, 0.25) is 5.41 Å². The van der Waals surface area contributed by atoms with Gasteiger partial charge in [0.1, 0.15) is 0 Å². The molecule has 2 N–H and O–H groups in total. The van der Waals surface area contributed by atoms with Crippen LogP contribution in [0.4, 0.5) is 0 Å². The Hall–Kier alpha value is -2.30. The van der Waals surface area contributed by atoms with E-state index in [9.17, 15) is 15.8 Å². The standard InChI is InChI=1S/C19H15IN4/c20-13-5-3-4-12(8-13)17-14-6-1-2-7-16(14)19(10-22,11-23)18(24)15(17)9-21/h3-5,8,17H,1-2,6-7,24H2/t17-/m1/s1. The Kier molecular flexibility index (Phi) is 4.35. The smallest absolute Gasteiger partial charge is 0.204 e. The normalized spacial score (nSPS) is 22.2. The maximum Gasteiger partial charge on any atom is 0.204 e. The van der Waals surface area contributed by atoms with Gasteiger partial charge in [-0.3, -0.25) is 0 Å². The first-order valence-corrected chi connectivity index (χ1v) is 8.87. The molecule has 24 heavy (non-hydrogen) atoms. The summed E-state index contributed by atoms with van der Waals surface area (Å²) in [6.07, 6.45) is 3.44. The number of hydrogen-bond donors (Lipinski definition) is 1. The number of benzene rings is 1. The van der Waals surface area contributed by atoms with E-state index < -0.39 is 5.41 Å². The molecule has 2 aliphatic rings. The van der Waals surface area contributed by atoms with Gasteiger partial charge in [-0.15, -0.1) is 0 Å². The number of halogens is 1. The van der Waals surface area contributed by atoms with Gasteiger partial charge in [-0.25, -0.2) is 0 Å². The third-order valence-electron chi connectivity index (χ3n) is 4.93. The lowest BCUT2D eigenvalue weighted by molar-refractivity contribution is 0.536. The first kappa shape index (κ1) is 16.6. The summed E-state index contributed by atoms with van der Waals surface area (Å²) < 4.78 is 1.08. The molecule has 0 unspecified atom stereocenters.